The molecule has 0 saturated heterocycles. The number of aromatic nitrogens is 1. The van der Waals surface area contributed by atoms with Crippen LogP contribution in [0.25, 0.3) is 0 Å². The second kappa shape index (κ2) is 29.6. The van der Waals surface area contributed by atoms with Crippen LogP contribution in [-0.4, -0.2) is 25.1 Å². The van der Waals surface area contributed by atoms with E-state index in [9.17, 15) is 13.2 Å². The van der Waals surface area contributed by atoms with E-state index in [-0.39, 0.29) is 71.1 Å². The normalized spacial score (nSPS) is 9.13. The maximum atomic E-state index is 12.5. The van der Waals surface area contributed by atoms with E-state index in [2.05, 4.69) is 49.2 Å². The molecule has 0 atom stereocenters. The van der Waals surface area contributed by atoms with Crippen molar-refractivity contribution in [2.24, 2.45) is 0 Å². The summed E-state index contributed by atoms with van der Waals surface area (Å²) < 4.78 is 42.5. The first-order valence-electron chi connectivity index (χ1n) is 10.9. The zero-order valence-electron chi connectivity index (χ0n) is 24.3. The van der Waals surface area contributed by atoms with Crippen molar-refractivity contribution in [3.05, 3.63) is 116 Å². The van der Waals surface area contributed by atoms with E-state index in [1.54, 1.807) is 25.4 Å². The number of rotatable bonds is 6. The molecular weight excluding hydrogens is 516 g/mol. The summed E-state index contributed by atoms with van der Waals surface area (Å²) in [5.74, 6) is 0.917. The molecule has 0 bridgehead atoms. The maximum Gasteiger partial charge on any atom is 1.00 e. The first-order valence-corrected chi connectivity index (χ1v) is 10.9. The van der Waals surface area contributed by atoms with Gasteiger partial charge in [-0.3, -0.25) is 6.58 Å². The standard InChI is InChI=1S/C12H12F3N2.C8H10O.C4H8.C4H7.CH2O.CH3.K/c1-3-11(12(13,14)15)9(2)17-8-10-5-4-6-16-7-10;1-7-3-5-8(9-2)6-4-7;1-4(2)3;1-3-4-2;1-2;;/h3-6,17H,2,8H2,1H3;3-6H,1-2H3;1H2,2-3H3;1,4H2,2H3;1H2;1H3;/q-1;;;-1;;-1;+1/b11-3+;;;;;;. The van der Waals surface area contributed by atoms with Crippen molar-refractivity contribution in [2.75, 3.05) is 7.11 Å². The SMILES string of the molecule is C=C(C)C.C=C(NCc1[c-]nccc1)/C(=C\C)C(F)(F)F.C=O.C=[C-]CC.COc1ccc(C)cc1.[CH3-].[K+]. The number of methoxy groups -OCH3 is 1. The Bertz CT molecular complexity index is 879. The van der Waals surface area contributed by atoms with Crippen LogP contribution in [0.3, 0.4) is 0 Å². The fraction of sp³-hybridized carbons (Fsp3) is 0.300. The van der Waals surface area contributed by atoms with Crippen LogP contribution in [-0.2, 0) is 11.3 Å². The molecule has 0 saturated carbocycles. The van der Waals surface area contributed by atoms with E-state index >= 15 is 0 Å². The molecule has 208 valence electrons. The Labute approximate surface area is 271 Å². The van der Waals surface area contributed by atoms with Gasteiger partial charge in [0, 0.05) is 12.2 Å². The predicted octanol–water partition coefficient (Wildman–Crippen LogP) is 5.23. The van der Waals surface area contributed by atoms with Gasteiger partial charge in [-0.2, -0.15) is 31.7 Å². The molecule has 0 unspecified atom stereocenters. The van der Waals surface area contributed by atoms with Crippen molar-refractivity contribution in [2.45, 2.75) is 53.8 Å². The summed E-state index contributed by atoms with van der Waals surface area (Å²) in [7, 11) is 1.67. The van der Waals surface area contributed by atoms with E-state index in [0.29, 0.717) is 5.56 Å². The first-order chi connectivity index (χ1) is 16.9. The van der Waals surface area contributed by atoms with Gasteiger partial charge in [0.05, 0.1) is 12.7 Å². The number of carbonyl (C=O) groups is 1. The van der Waals surface area contributed by atoms with Crippen molar-refractivity contribution in [1.29, 1.82) is 0 Å². The van der Waals surface area contributed by atoms with E-state index < -0.39 is 11.7 Å². The Morgan fingerprint density at radius 1 is 1.16 bits per heavy atom. The number of carbonyl (C=O) groups excluding carboxylic acids is 1. The van der Waals surface area contributed by atoms with Crippen LogP contribution in [0.4, 0.5) is 13.2 Å². The van der Waals surface area contributed by atoms with Gasteiger partial charge >= 0.3 is 57.6 Å². The van der Waals surface area contributed by atoms with Crippen LogP contribution in [0, 0.1) is 26.6 Å². The van der Waals surface area contributed by atoms with Crippen molar-refractivity contribution in [1.82, 2.24) is 10.3 Å². The Hall–Kier alpha value is -1.97. The minimum atomic E-state index is -4.39. The molecular formula is C30H42F3KN2O2-2. The molecule has 0 amide bonds. The van der Waals surface area contributed by atoms with Crippen LogP contribution in [0.1, 0.15) is 45.2 Å². The zero-order chi connectivity index (χ0) is 28.6. The Balaban J connectivity index is -0.000000146. The van der Waals surface area contributed by atoms with Crippen LogP contribution >= 0.6 is 0 Å². The number of alkyl halides is 3. The number of pyridine rings is 1. The van der Waals surface area contributed by atoms with Crippen molar-refractivity contribution in [3.8, 4) is 5.75 Å². The number of halogens is 3. The van der Waals surface area contributed by atoms with Crippen LogP contribution < -0.4 is 61.4 Å². The molecule has 1 heterocycles. The van der Waals surface area contributed by atoms with E-state index in [1.807, 2.05) is 51.8 Å². The smallest absolute Gasteiger partial charge is 0.504 e. The second-order valence-corrected chi connectivity index (χ2v) is 7.13. The van der Waals surface area contributed by atoms with Gasteiger partial charge in [0.2, 0.25) is 0 Å². The van der Waals surface area contributed by atoms with E-state index in [0.717, 1.165) is 18.2 Å². The molecule has 4 nitrogen and oxygen atoms in total. The van der Waals surface area contributed by atoms with Crippen LogP contribution in [0.15, 0.2) is 85.3 Å². The van der Waals surface area contributed by atoms with E-state index in [4.69, 9.17) is 9.53 Å². The average molecular weight is 559 g/mol. The molecule has 0 aliphatic heterocycles. The largest absolute Gasteiger partial charge is 1.00 e. The Morgan fingerprint density at radius 3 is 1.95 bits per heavy atom. The summed E-state index contributed by atoms with van der Waals surface area (Å²) in [6, 6.07) is 11.4. The molecule has 1 aromatic heterocycles. The summed E-state index contributed by atoms with van der Waals surface area (Å²) in [6.07, 6.45) is 4.45. The summed E-state index contributed by atoms with van der Waals surface area (Å²) in [4.78, 5) is 11.7. The number of aryl methyl sites for hydroxylation is 1. The molecule has 0 aliphatic rings. The van der Waals surface area contributed by atoms with Crippen LogP contribution in [0.5, 0.6) is 5.75 Å². The topological polar surface area (TPSA) is 51.2 Å². The summed E-state index contributed by atoms with van der Waals surface area (Å²) in [5.41, 5.74) is 2.18. The number of benzene rings is 1. The van der Waals surface area contributed by atoms with Gasteiger partial charge < -0.3 is 33.3 Å². The van der Waals surface area contributed by atoms with Gasteiger partial charge in [-0.15, -0.1) is 12.1 Å². The minimum Gasteiger partial charge on any atom is -0.504 e. The third-order valence-corrected chi connectivity index (χ3v) is 3.58. The molecule has 0 aliphatic carbocycles. The van der Waals surface area contributed by atoms with Gasteiger partial charge in [-0.05, 0) is 39.8 Å². The number of nitrogens with one attached hydrogen (secondary N) is 1. The van der Waals surface area contributed by atoms with Gasteiger partial charge in [0.25, 0.3) is 0 Å². The minimum absolute atomic E-state index is 0. The molecule has 0 fully saturated rings. The number of hydrogen-bond donors (Lipinski definition) is 1. The molecule has 1 aromatic carbocycles. The fourth-order valence-corrected chi connectivity index (χ4v) is 1.94. The Morgan fingerprint density at radius 2 is 1.63 bits per heavy atom. The number of nitrogens with zero attached hydrogens (tertiary/aromatic N) is 1. The van der Waals surface area contributed by atoms with E-state index in [1.165, 1.54) is 18.1 Å². The van der Waals surface area contributed by atoms with Crippen molar-refractivity contribution >= 4 is 6.79 Å². The van der Waals surface area contributed by atoms with Crippen molar-refractivity contribution < 1.29 is 74.1 Å². The maximum absolute atomic E-state index is 12.5. The monoisotopic (exact) mass is 558 g/mol. The zero-order valence-corrected chi connectivity index (χ0v) is 27.4. The predicted molar refractivity (Wildman–Crippen MR) is 150 cm³/mol. The quantitative estimate of drug-likeness (QED) is 0.228. The molecule has 0 radical (unpaired) electrons. The van der Waals surface area contributed by atoms with Gasteiger partial charge in [-0.1, -0.05) is 55.2 Å². The number of hydrogen-bond acceptors (Lipinski definition) is 4. The van der Waals surface area contributed by atoms with Gasteiger partial charge in [-0.25, -0.2) is 0 Å². The van der Waals surface area contributed by atoms with Crippen molar-refractivity contribution in [3.63, 3.8) is 0 Å². The molecule has 2 rings (SSSR count). The van der Waals surface area contributed by atoms with Gasteiger partial charge in [0.15, 0.2) is 0 Å². The van der Waals surface area contributed by atoms with Crippen LogP contribution in [0.2, 0.25) is 0 Å². The molecule has 0 spiro atoms. The summed E-state index contributed by atoms with van der Waals surface area (Å²) >= 11 is 0. The molecule has 1 N–H and O–H groups in total. The average Bonchev–Trinajstić information content (AvgIpc) is 2.85. The third kappa shape index (κ3) is 28.6. The second-order valence-electron chi connectivity index (χ2n) is 7.13. The fourth-order valence-electron chi connectivity index (χ4n) is 1.94. The summed E-state index contributed by atoms with van der Waals surface area (Å²) in [6.45, 7) is 21.8. The molecule has 8 heteroatoms. The summed E-state index contributed by atoms with van der Waals surface area (Å²) in [5, 5.41) is 2.60. The molecule has 2 aromatic rings. The Kier molecular flexibility index (Phi) is 35.7. The number of ether oxygens (including phenoxy) is 1. The first kappa shape index (κ1) is 45.9. The number of allylic oxidation sites excluding steroid dienone is 4. The van der Waals surface area contributed by atoms with Gasteiger partial charge in [0.1, 0.15) is 12.5 Å². The molecule has 38 heavy (non-hydrogen) atoms. The third-order valence-electron chi connectivity index (χ3n) is 3.58.